The van der Waals surface area contributed by atoms with Gasteiger partial charge in [0.1, 0.15) is 11.5 Å². The number of aromatic carboxylic acids is 1. The molecule has 0 aliphatic carbocycles. The number of fused-ring (bicyclic) bond motifs is 1. The number of rotatable bonds is 3. The first-order valence-electron chi connectivity index (χ1n) is 5.86. The lowest BCUT2D eigenvalue weighted by molar-refractivity contribution is 0.0688. The van der Waals surface area contributed by atoms with E-state index < -0.39 is 5.97 Å². The van der Waals surface area contributed by atoms with Crippen molar-refractivity contribution >= 4 is 11.6 Å². The first-order chi connectivity index (χ1) is 9.25. The number of hydrogen-bond acceptors (Lipinski definition) is 3. The highest BCUT2D eigenvalue weighted by Crippen LogP contribution is 2.12. The number of carboxylic acid groups (broad SMARTS) is 1. The molecule has 5 heteroatoms. The van der Waals surface area contributed by atoms with E-state index in [1.54, 1.807) is 22.6 Å². The highest BCUT2D eigenvalue weighted by atomic mass is 16.4. The normalized spacial score (nSPS) is 10.7. The molecule has 0 saturated heterocycles. The van der Waals surface area contributed by atoms with Crippen molar-refractivity contribution < 1.29 is 9.90 Å². The van der Waals surface area contributed by atoms with Gasteiger partial charge in [-0.2, -0.15) is 0 Å². The third kappa shape index (κ3) is 2.06. The maximum Gasteiger partial charge on any atom is 0.352 e. The molecule has 0 spiro atoms. The third-order valence-corrected chi connectivity index (χ3v) is 2.92. The molecule has 0 unspecified atom stereocenters. The highest BCUT2D eigenvalue weighted by Gasteiger charge is 2.13. The molecule has 2 aromatic heterocycles. The number of pyridine rings is 1. The van der Waals surface area contributed by atoms with Crippen LogP contribution < -0.4 is 0 Å². The maximum atomic E-state index is 11.2. The van der Waals surface area contributed by atoms with Gasteiger partial charge in [0.25, 0.3) is 0 Å². The molecule has 2 heterocycles. The van der Waals surface area contributed by atoms with Crippen LogP contribution in [0.5, 0.6) is 0 Å². The molecule has 0 radical (unpaired) electrons. The molecule has 0 saturated carbocycles. The third-order valence-electron chi connectivity index (χ3n) is 2.92. The predicted molar refractivity (Wildman–Crippen MR) is 69.2 cm³/mol. The predicted octanol–water partition coefficient (Wildman–Crippen LogP) is 2.02. The molecule has 3 aromatic rings. The number of carbonyl (C=O) groups is 1. The Bertz CT molecular complexity index is 735. The number of nitrogens with zero attached hydrogens (tertiary/aromatic N) is 3. The number of benzene rings is 1. The average molecular weight is 253 g/mol. The summed E-state index contributed by atoms with van der Waals surface area (Å²) < 4.78 is 1.58. The standard InChI is InChI=1S/C14H11N3O2/c18-14(19)11-7-4-8-12-15-16-13(17(11)12)9-10-5-2-1-3-6-10/h1-8H,9H2,(H,18,19). The number of carboxylic acids is 1. The van der Waals surface area contributed by atoms with Gasteiger partial charge in [0, 0.05) is 6.42 Å². The second kappa shape index (κ2) is 4.53. The van der Waals surface area contributed by atoms with Crippen LogP contribution >= 0.6 is 0 Å². The van der Waals surface area contributed by atoms with Gasteiger partial charge in [0.15, 0.2) is 5.65 Å². The van der Waals surface area contributed by atoms with Gasteiger partial charge in [0.05, 0.1) is 0 Å². The minimum absolute atomic E-state index is 0.174. The lowest BCUT2D eigenvalue weighted by atomic mass is 10.1. The first kappa shape index (κ1) is 11.4. The lowest BCUT2D eigenvalue weighted by Gasteiger charge is -2.03. The van der Waals surface area contributed by atoms with E-state index in [-0.39, 0.29) is 5.69 Å². The summed E-state index contributed by atoms with van der Waals surface area (Å²) in [6, 6.07) is 14.7. The maximum absolute atomic E-state index is 11.2. The van der Waals surface area contributed by atoms with Crippen LogP contribution in [0.4, 0.5) is 0 Å². The summed E-state index contributed by atoms with van der Waals surface area (Å²) in [4.78, 5) is 11.2. The molecule has 3 rings (SSSR count). The zero-order valence-electron chi connectivity index (χ0n) is 10.0. The summed E-state index contributed by atoms with van der Waals surface area (Å²) in [5.74, 6) is -0.362. The number of hydrogen-bond donors (Lipinski definition) is 1. The van der Waals surface area contributed by atoms with Crippen LogP contribution in [0.1, 0.15) is 21.9 Å². The summed E-state index contributed by atoms with van der Waals surface area (Å²) in [7, 11) is 0. The van der Waals surface area contributed by atoms with Crippen LogP contribution in [0, 0.1) is 0 Å². The van der Waals surface area contributed by atoms with Gasteiger partial charge in [-0.25, -0.2) is 4.79 Å². The van der Waals surface area contributed by atoms with Crippen LogP contribution in [0.15, 0.2) is 48.5 Å². The van der Waals surface area contributed by atoms with E-state index in [1.807, 2.05) is 30.3 Å². The second-order valence-corrected chi connectivity index (χ2v) is 4.19. The van der Waals surface area contributed by atoms with Crippen molar-refractivity contribution in [2.24, 2.45) is 0 Å². The Hall–Kier alpha value is -2.69. The molecule has 1 aromatic carbocycles. The van der Waals surface area contributed by atoms with E-state index in [1.165, 1.54) is 0 Å². The molecule has 0 atom stereocenters. The van der Waals surface area contributed by atoms with Crippen molar-refractivity contribution in [1.82, 2.24) is 14.6 Å². The molecule has 0 aliphatic rings. The molecule has 19 heavy (non-hydrogen) atoms. The van der Waals surface area contributed by atoms with Gasteiger partial charge < -0.3 is 5.11 Å². The van der Waals surface area contributed by atoms with Crippen molar-refractivity contribution in [3.8, 4) is 0 Å². The van der Waals surface area contributed by atoms with Gasteiger partial charge in [0.2, 0.25) is 0 Å². The van der Waals surface area contributed by atoms with Crippen molar-refractivity contribution in [3.63, 3.8) is 0 Å². The largest absolute Gasteiger partial charge is 0.477 e. The van der Waals surface area contributed by atoms with Gasteiger partial charge in [-0.3, -0.25) is 4.40 Å². The van der Waals surface area contributed by atoms with Crippen molar-refractivity contribution in [1.29, 1.82) is 0 Å². The van der Waals surface area contributed by atoms with Crippen molar-refractivity contribution in [3.05, 3.63) is 65.6 Å². The Labute approximate surface area is 109 Å². The fourth-order valence-corrected chi connectivity index (χ4v) is 2.06. The zero-order valence-corrected chi connectivity index (χ0v) is 10.0. The van der Waals surface area contributed by atoms with Crippen LogP contribution in [0.25, 0.3) is 5.65 Å². The minimum atomic E-state index is -0.986. The van der Waals surface area contributed by atoms with E-state index in [4.69, 9.17) is 0 Å². The van der Waals surface area contributed by atoms with Gasteiger partial charge in [-0.15, -0.1) is 10.2 Å². The summed E-state index contributed by atoms with van der Waals surface area (Å²) in [5, 5.41) is 17.3. The van der Waals surface area contributed by atoms with Gasteiger partial charge in [-0.1, -0.05) is 36.4 Å². The monoisotopic (exact) mass is 253 g/mol. The van der Waals surface area contributed by atoms with Gasteiger partial charge >= 0.3 is 5.97 Å². The van der Waals surface area contributed by atoms with Crippen LogP contribution in [0.2, 0.25) is 0 Å². The quantitative estimate of drug-likeness (QED) is 0.775. The molecular weight excluding hydrogens is 242 g/mol. The summed E-state index contributed by atoms with van der Waals surface area (Å²) in [5.41, 5.74) is 1.79. The Kier molecular flexibility index (Phi) is 2.72. The van der Waals surface area contributed by atoms with Crippen molar-refractivity contribution in [2.75, 3.05) is 0 Å². The topological polar surface area (TPSA) is 67.5 Å². The summed E-state index contributed by atoms with van der Waals surface area (Å²) in [6.45, 7) is 0. The Morgan fingerprint density at radius 1 is 1.05 bits per heavy atom. The van der Waals surface area contributed by atoms with Crippen molar-refractivity contribution in [2.45, 2.75) is 6.42 Å². The minimum Gasteiger partial charge on any atom is -0.477 e. The van der Waals surface area contributed by atoms with Crippen LogP contribution in [-0.2, 0) is 6.42 Å². The molecule has 0 aliphatic heterocycles. The number of aromatic nitrogens is 3. The molecule has 5 nitrogen and oxygen atoms in total. The molecule has 1 N–H and O–H groups in total. The van der Waals surface area contributed by atoms with Gasteiger partial charge in [-0.05, 0) is 17.7 Å². The fraction of sp³-hybridized carbons (Fsp3) is 0.0714. The van der Waals surface area contributed by atoms with Crippen LogP contribution in [-0.4, -0.2) is 25.7 Å². The fourth-order valence-electron chi connectivity index (χ4n) is 2.06. The SMILES string of the molecule is O=C(O)c1cccc2nnc(Cc3ccccc3)n12. The smallest absolute Gasteiger partial charge is 0.352 e. The Morgan fingerprint density at radius 3 is 2.58 bits per heavy atom. The lowest BCUT2D eigenvalue weighted by Crippen LogP contribution is -2.08. The van der Waals surface area contributed by atoms with E-state index in [2.05, 4.69) is 10.2 Å². The van der Waals surface area contributed by atoms with E-state index in [9.17, 15) is 9.90 Å². The molecule has 0 amide bonds. The molecule has 0 fully saturated rings. The summed E-state index contributed by atoms with van der Waals surface area (Å²) >= 11 is 0. The average Bonchev–Trinajstić information content (AvgIpc) is 2.83. The Balaban J connectivity index is 2.12. The zero-order chi connectivity index (χ0) is 13.2. The highest BCUT2D eigenvalue weighted by molar-refractivity contribution is 5.86. The van der Waals surface area contributed by atoms with E-state index in [0.717, 1.165) is 5.56 Å². The Morgan fingerprint density at radius 2 is 1.84 bits per heavy atom. The summed E-state index contributed by atoms with van der Waals surface area (Å²) in [6.07, 6.45) is 0.548. The molecule has 94 valence electrons. The van der Waals surface area contributed by atoms with E-state index in [0.29, 0.717) is 17.9 Å². The molecule has 0 bridgehead atoms. The van der Waals surface area contributed by atoms with Crippen LogP contribution in [0.3, 0.4) is 0 Å². The second-order valence-electron chi connectivity index (χ2n) is 4.19. The van der Waals surface area contributed by atoms with E-state index >= 15 is 0 Å². The first-order valence-corrected chi connectivity index (χ1v) is 5.86. The molecular formula is C14H11N3O2.